The molecule has 2 rings (SSSR count). The van der Waals surface area contributed by atoms with Gasteiger partial charge in [0.1, 0.15) is 0 Å². The summed E-state index contributed by atoms with van der Waals surface area (Å²) in [5.74, 6) is 0.968. The SMILES string of the molecule is CC(C)CC1NCC(=O)N1C1CCCCCCC1. The highest BCUT2D eigenvalue weighted by atomic mass is 16.2. The average molecular weight is 252 g/mol. The highest BCUT2D eigenvalue weighted by molar-refractivity contribution is 5.81. The molecule has 0 spiro atoms. The highest BCUT2D eigenvalue weighted by Gasteiger charge is 2.35. The fourth-order valence-corrected chi connectivity index (χ4v) is 3.38. The van der Waals surface area contributed by atoms with Crippen LogP contribution < -0.4 is 5.32 Å². The topological polar surface area (TPSA) is 32.3 Å². The first-order chi connectivity index (χ1) is 8.68. The van der Waals surface area contributed by atoms with Gasteiger partial charge in [-0.3, -0.25) is 10.1 Å². The zero-order valence-corrected chi connectivity index (χ0v) is 12.0. The molecule has 3 heteroatoms. The van der Waals surface area contributed by atoms with Gasteiger partial charge >= 0.3 is 0 Å². The van der Waals surface area contributed by atoms with E-state index in [1.54, 1.807) is 0 Å². The minimum absolute atomic E-state index is 0.293. The first-order valence-corrected chi connectivity index (χ1v) is 7.73. The number of nitrogens with one attached hydrogen (secondary N) is 1. The summed E-state index contributed by atoms with van der Waals surface area (Å²) in [6, 6.07) is 0.497. The summed E-state index contributed by atoms with van der Waals surface area (Å²) in [6.07, 6.45) is 10.5. The molecule has 0 radical (unpaired) electrons. The smallest absolute Gasteiger partial charge is 0.238 e. The lowest BCUT2D eigenvalue weighted by atomic mass is 9.94. The van der Waals surface area contributed by atoms with Crippen LogP contribution in [0.1, 0.15) is 65.2 Å². The van der Waals surface area contributed by atoms with E-state index >= 15 is 0 Å². The van der Waals surface area contributed by atoms with Crippen LogP contribution in [0.15, 0.2) is 0 Å². The number of hydrogen-bond donors (Lipinski definition) is 1. The molecular formula is C15H28N2O. The average Bonchev–Trinajstić information content (AvgIpc) is 2.60. The Morgan fingerprint density at radius 2 is 1.78 bits per heavy atom. The van der Waals surface area contributed by atoms with E-state index in [1.807, 2.05) is 0 Å². The number of rotatable bonds is 3. The molecule has 104 valence electrons. The third-order valence-electron chi connectivity index (χ3n) is 4.28. The summed E-state index contributed by atoms with van der Waals surface area (Å²) in [5.41, 5.74) is 0. The van der Waals surface area contributed by atoms with Gasteiger partial charge in [0, 0.05) is 6.04 Å². The molecule has 1 amide bonds. The van der Waals surface area contributed by atoms with Crippen molar-refractivity contribution in [1.82, 2.24) is 10.2 Å². The van der Waals surface area contributed by atoms with Crippen molar-refractivity contribution in [2.24, 2.45) is 5.92 Å². The Kier molecular flexibility index (Phi) is 5.04. The molecule has 1 heterocycles. The molecule has 1 aliphatic heterocycles. The molecule has 2 fully saturated rings. The van der Waals surface area contributed by atoms with Crippen LogP contribution in [0, 0.1) is 5.92 Å². The Bertz CT molecular complexity index is 270. The fourth-order valence-electron chi connectivity index (χ4n) is 3.38. The van der Waals surface area contributed by atoms with E-state index in [2.05, 4.69) is 24.1 Å². The molecule has 1 aliphatic carbocycles. The largest absolute Gasteiger partial charge is 0.323 e. The summed E-state index contributed by atoms with van der Waals surface area (Å²) in [7, 11) is 0. The van der Waals surface area contributed by atoms with Gasteiger partial charge in [-0.05, 0) is 25.2 Å². The van der Waals surface area contributed by atoms with Crippen LogP contribution in [0.4, 0.5) is 0 Å². The molecule has 1 unspecified atom stereocenters. The summed E-state index contributed by atoms with van der Waals surface area (Å²) in [6.45, 7) is 5.02. The summed E-state index contributed by atoms with van der Waals surface area (Å²) in [5, 5.41) is 3.40. The molecule has 1 N–H and O–H groups in total. The van der Waals surface area contributed by atoms with Crippen LogP contribution in [-0.4, -0.2) is 29.6 Å². The molecule has 2 aliphatic rings. The van der Waals surface area contributed by atoms with Crippen LogP contribution in [0.2, 0.25) is 0 Å². The second-order valence-electron chi connectivity index (χ2n) is 6.33. The molecule has 3 nitrogen and oxygen atoms in total. The fraction of sp³-hybridized carbons (Fsp3) is 0.933. The lowest BCUT2D eigenvalue weighted by molar-refractivity contribution is -0.130. The first kappa shape index (κ1) is 13.9. The molecule has 1 atom stereocenters. The van der Waals surface area contributed by atoms with Gasteiger partial charge in [-0.25, -0.2) is 0 Å². The van der Waals surface area contributed by atoms with Crippen molar-refractivity contribution in [3.05, 3.63) is 0 Å². The van der Waals surface area contributed by atoms with Gasteiger partial charge in [0.2, 0.25) is 5.91 Å². The minimum Gasteiger partial charge on any atom is -0.323 e. The number of carbonyl (C=O) groups excluding carboxylic acids is 1. The van der Waals surface area contributed by atoms with E-state index in [0.717, 1.165) is 6.42 Å². The molecule has 0 bridgehead atoms. The maximum atomic E-state index is 12.1. The number of carbonyl (C=O) groups is 1. The maximum Gasteiger partial charge on any atom is 0.238 e. The predicted molar refractivity (Wildman–Crippen MR) is 74.2 cm³/mol. The molecule has 0 aromatic rings. The van der Waals surface area contributed by atoms with E-state index in [0.29, 0.717) is 30.6 Å². The Morgan fingerprint density at radius 3 is 2.39 bits per heavy atom. The van der Waals surface area contributed by atoms with Crippen LogP contribution in [0.25, 0.3) is 0 Å². The highest BCUT2D eigenvalue weighted by Crippen LogP contribution is 2.26. The number of nitrogens with zero attached hydrogens (tertiary/aromatic N) is 1. The minimum atomic E-state index is 0.293. The zero-order chi connectivity index (χ0) is 13.0. The quantitative estimate of drug-likeness (QED) is 0.837. The van der Waals surface area contributed by atoms with Crippen LogP contribution in [0.3, 0.4) is 0 Å². The molecule has 1 saturated carbocycles. The van der Waals surface area contributed by atoms with Crippen LogP contribution in [0.5, 0.6) is 0 Å². The van der Waals surface area contributed by atoms with Crippen molar-refractivity contribution in [3.63, 3.8) is 0 Å². The standard InChI is InChI=1S/C15H28N2O/c1-12(2)10-14-16-11-15(18)17(14)13-8-6-4-3-5-7-9-13/h12-14,16H,3-11H2,1-2H3. The Labute approximate surface area is 111 Å². The zero-order valence-electron chi connectivity index (χ0n) is 12.0. The van der Waals surface area contributed by atoms with Crippen molar-refractivity contribution in [2.75, 3.05) is 6.54 Å². The second kappa shape index (κ2) is 6.55. The third-order valence-corrected chi connectivity index (χ3v) is 4.28. The van der Waals surface area contributed by atoms with Gasteiger partial charge < -0.3 is 4.90 Å². The normalized spacial score (nSPS) is 27.6. The van der Waals surface area contributed by atoms with Gasteiger partial charge in [0.05, 0.1) is 12.7 Å². The second-order valence-corrected chi connectivity index (χ2v) is 6.33. The Hall–Kier alpha value is -0.570. The van der Waals surface area contributed by atoms with E-state index in [9.17, 15) is 4.79 Å². The lowest BCUT2D eigenvalue weighted by Crippen LogP contribution is -2.45. The molecular weight excluding hydrogens is 224 g/mol. The van der Waals surface area contributed by atoms with Crippen molar-refractivity contribution < 1.29 is 4.79 Å². The van der Waals surface area contributed by atoms with Gasteiger partial charge in [0.25, 0.3) is 0 Å². The molecule has 18 heavy (non-hydrogen) atoms. The Balaban J connectivity index is 1.99. The summed E-state index contributed by atoms with van der Waals surface area (Å²) in [4.78, 5) is 14.3. The number of amides is 1. The van der Waals surface area contributed by atoms with Gasteiger partial charge in [0.15, 0.2) is 0 Å². The Morgan fingerprint density at radius 1 is 1.17 bits per heavy atom. The van der Waals surface area contributed by atoms with Crippen molar-refractivity contribution >= 4 is 5.91 Å². The van der Waals surface area contributed by atoms with Crippen LogP contribution >= 0.6 is 0 Å². The monoisotopic (exact) mass is 252 g/mol. The van der Waals surface area contributed by atoms with Gasteiger partial charge in [-0.15, -0.1) is 0 Å². The molecule has 0 aromatic carbocycles. The van der Waals surface area contributed by atoms with Crippen molar-refractivity contribution in [2.45, 2.75) is 77.4 Å². The predicted octanol–water partition coefficient (Wildman–Crippen LogP) is 2.90. The lowest BCUT2D eigenvalue weighted by Gasteiger charge is -2.34. The van der Waals surface area contributed by atoms with E-state index in [4.69, 9.17) is 0 Å². The molecule has 0 aromatic heterocycles. The molecule has 1 saturated heterocycles. The third kappa shape index (κ3) is 3.47. The van der Waals surface area contributed by atoms with Gasteiger partial charge in [-0.1, -0.05) is 46.0 Å². The number of hydrogen-bond acceptors (Lipinski definition) is 2. The van der Waals surface area contributed by atoms with E-state index < -0.39 is 0 Å². The van der Waals surface area contributed by atoms with Gasteiger partial charge in [-0.2, -0.15) is 0 Å². The van der Waals surface area contributed by atoms with E-state index in [-0.39, 0.29) is 0 Å². The summed E-state index contributed by atoms with van der Waals surface area (Å²) >= 11 is 0. The van der Waals surface area contributed by atoms with Crippen LogP contribution in [-0.2, 0) is 4.79 Å². The maximum absolute atomic E-state index is 12.1. The van der Waals surface area contributed by atoms with Crippen molar-refractivity contribution in [1.29, 1.82) is 0 Å². The summed E-state index contributed by atoms with van der Waals surface area (Å²) < 4.78 is 0. The van der Waals surface area contributed by atoms with Crippen molar-refractivity contribution in [3.8, 4) is 0 Å². The van der Waals surface area contributed by atoms with E-state index in [1.165, 1.54) is 44.9 Å². The first-order valence-electron chi connectivity index (χ1n) is 7.73.